The summed E-state index contributed by atoms with van der Waals surface area (Å²) in [7, 11) is 1.32. The van der Waals surface area contributed by atoms with Gasteiger partial charge in [-0.25, -0.2) is 4.79 Å². The van der Waals surface area contributed by atoms with Gasteiger partial charge in [0.05, 0.1) is 36.7 Å². The summed E-state index contributed by atoms with van der Waals surface area (Å²) in [5.41, 5.74) is 3.73. The predicted molar refractivity (Wildman–Crippen MR) is 99.5 cm³/mol. The van der Waals surface area contributed by atoms with Crippen molar-refractivity contribution in [3.8, 4) is 11.3 Å². The summed E-state index contributed by atoms with van der Waals surface area (Å²) < 4.78 is 12.0. The monoisotopic (exact) mass is 367 g/mol. The summed E-state index contributed by atoms with van der Waals surface area (Å²) in [4.78, 5) is 23.7. The van der Waals surface area contributed by atoms with Crippen LogP contribution in [0.1, 0.15) is 32.1 Å². The molecule has 1 amide bonds. The molecule has 7 nitrogen and oxygen atoms in total. The van der Waals surface area contributed by atoms with Gasteiger partial charge < -0.3 is 14.5 Å². The second kappa shape index (κ2) is 7.90. The summed E-state index contributed by atoms with van der Waals surface area (Å²) in [6.45, 7) is 4.88. The summed E-state index contributed by atoms with van der Waals surface area (Å²) in [5, 5.41) is 7.39. The first kappa shape index (κ1) is 18.4. The first-order valence-electron chi connectivity index (χ1n) is 8.55. The Hall–Kier alpha value is -3.35. The van der Waals surface area contributed by atoms with Crippen LogP contribution in [0.15, 0.2) is 47.1 Å². The van der Waals surface area contributed by atoms with Crippen LogP contribution in [-0.4, -0.2) is 35.3 Å². The number of nitrogens with one attached hydrogen (secondary N) is 1. The third-order valence-corrected chi connectivity index (χ3v) is 4.33. The molecular weight excluding hydrogens is 346 g/mol. The second-order valence-electron chi connectivity index (χ2n) is 6.07. The number of rotatable bonds is 6. The van der Waals surface area contributed by atoms with Crippen molar-refractivity contribution in [2.45, 2.75) is 20.4 Å². The zero-order chi connectivity index (χ0) is 19.4. The molecule has 0 unspecified atom stereocenters. The molecule has 2 aromatic heterocycles. The number of aryl methyl sites for hydroxylation is 1. The second-order valence-corrected chi connectivity index (χ2v) is 6.07. The van der Waals surface area contributed by atoms with Gasteiger partial charge in [-0.3, -0.25) is 9.48 Å². The Bertz CT molecular complexity index is 941. The topological polar surface area (TPSA) is 86.4 Å². The fourth-order valence-corrected chi connectivity index (χ4v) is 2.94. The molecule has 27 heavy (non-hydrogen) atoms. The van der Waals surface area contributed by atoms with E-state index in [-0.39, 0.29) is 5.91 Å². The average molecular weight is 367 g/mol. The summed E-state index contributed by atoms with van der Waals surface area (Å²) in [5.74, 6) is 0.143. The van der Waals surface area contributed by atoms with Gasteiger partial charge in [-0.05, 0) is 50.2 Å². The highest BCUT2D eigenvalue weighted by Crippen LogP contribution is 2.26. The Morgan fingerprint density at radius 1 is 1.15 bits per heavy atom. The summed E-state index contributed by atoms with van der Waals surface area (Å²) >= 11 is 0. The van der Waals surface area contributed by atoms with Crippen LogP contribution in [0.3, 0.4) is 0 Å². The quantitative estimate of drug-likeness (QED) is 0.677. The van der Waals surface area contributed by atoms with E-state index in [4.69, 9.17) is 4.42 Å². The van der Waals surface area contributed by atoms with E-state index in [1.165, 1.54) is 7.11 Å². The van der Waals surface area contributed by atoms with Crippen molar-refractivity contribution in [1.82, 2.24) is 15.1 Å². The molecule has 0 spiro atoms. The van der Waals surface area contributed by atoms with Gasteiger partial charge in [-0.1, -0.05) is 0 Å². The lowest BCUT2D eigenvalue weighted by atomic mass is 10.1. The van der Waals surface area contributed by atoms with Gasteiger partial charge >= 0.3 is 5.97 Å². The summed E-state index contributed by atoms with van der Waals surface area (Å²) in [6, 6.07) is 10.1. The number of carbonyl (C=O) groups is 2. The normalized spacial score (nSPS) is 10.6. The minimum absolute atomic E-state index is 0.209. The van der Waals surface area contributed by atoms with Crippen LogP contribution < -0.4 is 5.32 Å². The van der Waals surface area contributed by atoms with Crippen molar-refractivity contribution in [2.75, 3.05) is 13.7 Å². The average Bonchev–Trinajstić information content (AvgIpc) is 3.29. The highest BCUT2D eigenvalue weighted by atomic mass is 16.5. The molecule has 0 atom stereocenters. The number of methoxy groups -OCH3 is 1. The maximum absolute atomic E-state index is 12.3. The van der Waals surface area contributed by atoms with Crippen molar-refractivity contribution in [3.63, 3.8) is 0 Å². The van der Waals surface area contributed by atoms with Crippen LogP contribution >= 0.6 is 0 Å². The van der Waals surface area contributed by atoms with E-state index < -0.39 is 5.97 Å². The molecule has 7 heteroatoms. The summed E-state index contributed by atoms with van der Waals surface area (Å²) in [6.07, 6.45) is 1.64. The number of carbonyl (C=O) groups excluding carboxylic acids is 2. The smallest absolute Gasteiger partial charge is 0.337 e. The lowest BCUT2D eigenvalue weighted by Crippen LogP contribution is -2.27. The zero-order valence-corrected chi connectivity index (χ0v) is 15.5. The van der Waals surface area contributed by atoms with E-state index >= 15 is 0 Å². The predicted octanol–water partition coefficient (Wildman–Crippen LogP) is 2.98. The van der Waals surface area contributed by atoms with Crippen LogP contribution in [0.5, 0.6) is 0 Å². The van der Waals surface area contributed by atoms with E-state index in [0.29, 0.717) is 24.2 Å². The molecule has 0 fully saturated rings. The zero-order valence-electron chi connectivity index (χ0n) is 15.5. The van der Waals surface area contributed by atoms with Gasteiger partial charge in [0.1, 0.15) is 5.76 Å². The van der Waals surface area contributed by atoms with E-state index in [2.05, 4.69) is 15.2 Å². The Kier molecular flexibility index (Phi) is 5.40. The lowest BCUT2D eigenvalue weighted by molar-refractivity contribution is 0.0600. The van der Waals surface area contributed by atoms with Crippen LogP contribution in [0.2, 0.25) is 0 Å². The van der Waals surface area contributed by atoms with E-state index in [1.54, 1.807) is 30.5 Å². The molecule has 0 aliphatic rings. The minimum Gasteiger partial charge on any atom is -0.465 e. The molecule has 2 heterocycles. The number of amides is 1. The van der Waals surface area contributed by atoms with Gasteiger partial charge in [-0.2, -0.15) is 5.10 Å². The molecule has 3 aromatic rings. The molecule has 3 rings (SSSR count). The first-order chi connectivity index (χ1) is 13.0. The molecule has 0 radical (unpaired) electrons. The number of nitrogens with zero attached hydrogens (tertiary/aromatic N) is 2. The molecule has 1 aromatic carbocycles. The van der Waals surface area contributed by atoms with Crippen LogP contribution in [-0.2, 0) is 11.3 Å². The van der Waals surface area contributed by atoms with Crippen molar-refractivity contribution >= 4 is 11.9 Å². The number of hydrogen-bond donors (Lipinski definition) is 1. The van der Waals surface area contributed by atoms with Gasteiger partial charge in [0, 0.05) is 17.8 Å². The first-order valence-corrected chi connectivity index (χ1v) is 8.55. The molecule has 140 valence electrons. The Balaban J connectivity index is 1.61. The molecule has 0 aliphatic heterocycles. The largest absolute Gasteiger partial charge is 0.465 e. The number of ether oxygens (including phenoxy) is 1. The Labute approximate surface area is 156 Å². The number of esters is 1. The number of aromatic nitrogens is 2. The van der Waals surface area contributed by atoms with Gasteiger partial charge in [0.25, 0.3) is 5.91 Å². The number of benzene rings is 1. The van der Waals surface area contributed by atoms with Crippen LogP contribution in [0.25, 0.3) is 11.3 Å². The Morgan fingerprint density at radius 3 is 2.48 bits per heavy atom. The molecular formula is C20H21N3O4. The fraction of sp³-hybridized carbons (Fsp3) is 0.250. The van der Waals surface area contributed by atoms with Crippen molar-refractivity contribution in [3.05, 3.63) is 65.2 Å². The van der Waals surface area contributed by atoms with E-state index in [0.717, 1.165) is 22.7 Å². The van der Waals surface area contributed by atoms with Crippen LogP contribution in [0.4, 0.5) is 0 Å². The highest BCUT2D eigenvalue weighted by Gasteiger charge is 2.15. The van der Waals surface area contributed by atoms with Crippen molar-refractivity contribution in [1.29, 1.82) is 0 Å². The van der Waals surface area contributed by atoms with Gasteiger partial charge in [-0.15, -0.1) is 0 Å². The van der Waals surface area contributed by atoms with Gasteiger partial charge in [0.2, 0.25) is 0 Å². The molecule has 0 saturated carbocycles. The van der Waals surface area contributed by atoms with Gasteiger partial charge in [0.15, 0.2) is 0 Å². The lowest BCUT2D eigenvalue weighted by Gasteiger charge is -2.08. The number of furan rings is 1. The highest BCUT2D eigenvalue weighted by molar-refractivity contribution is 5.96. The molecule has 0 aliphatic carbocycles. The van der Waals surface area contributed by atoms with Crippen molar-refractivity contribution in [2.24, 2.45) is 0 Å². The number of hydrogen-bond acceptors (Lipinski definition) is 5. The molecule has 0 saturated heterocycles. The third kappa shape index (κ3) is 3.92. The maximum Gasteiger partial charge on any atom is 0.337 e. The van der Waals surface area contributed by atoms with E-state index in [9.17, 15) is 9.59 Å². The SMILES string of the molecule is COC(=O)c1ccc(C(=O)NCCn2nc(C)c(-c3ccco3)c2C)cc1. The Morgan fingerprint density at radius 2 is 1.85 bits per heavy atom. The van der Waals surface area contributed by atoms with Crippen LogP contribution in [0, 0.1) is 13.8 Å². The van der Waals surface area contributed by atoms with Crippen molar-refractivity contribution < 1.29 is 18.7 Å². The van der Waals surface area contributed by atoms with E-state index in [1.807, 2.05) is 30.7 Å². The minimum atomic E-state index is -0.432. The molecule has 1 N–H and O–H groups in total. The maximum atomic E-state index is 12.3. The molecule has 0 bridgehead atoms. The standard InChI is InChI=1S/C20H21N3O4/c1-13-18(17-5-4-12-27-17)14(2)23(22-13)11-10-21-19(24)15-6-8-16(9-7-15)20(25)26-3/h4-9,12H,10-11H2,1-3H3,(H,21,24). The fourth-order valence-electron chi connectivity index (χ4n) is 2.94. The third-order valence-electron chi connectivity index (χ3n) is 4.33.